The molecule has 0 aliphatic carbocycles. The van der Waals surface area contributed by atoms with Crippen molar-refractivity contribution in [2.24, 2.45) is 0 Å². The fourth-order valence-corrected chi connectivity index (χ4v) is 4.33. The summed E-state index contributed by atoms with van der Waals surface area (Å²) in [5.41, 5.74) is 0.417. The van der Waals surface area contributed by atoms with Gasteiger partial charge in [-0.2, -0.15) is 0 Å². The highest BCUT2D eigenvalue weighted by atomic mass is 35.5. The second kappa shape index (κ2) is 5.07. The molecule has 0 unspecified atom stereocenters. The van der Waals surface area contributed by atoms with Crippen LogP contribution in [0.3, 0.4) is 0 Å². The third-order valence-electron chi connectivity index (χ3n) is 2.77. The Balaban J connectivity index is 2.43. The molecule has 1 aromatic rings. The van der Waals surface area contributed by atoms with Crippen LogP contribution in [0.15, 0.2) is 23.1 Å². The maximum absolute atomic E-state index is 11.9. The smallest absolute Gasteiger partial charge is 0.235 e. The first-order valence-electron chi connectivity index (χ1n) is 5.36. The normalized spacial score (nSPS) is 19.1. The van der Waals surface area contributed by atoms with Crippen molar-refractivity contribution in [1.82, 2.24) is 0 Å². The maximum atomic E-state index is 11.9. The SMILES string of the molecule is O=[SH](=O)c1ccc(N2CCCCS2(=O)=O)cc1Cl. The van der Waals surface area contributed by atoms with Gasteiger partial charge in [-0.15, -0.1) is 0 Å². The molecule has 0 N–H and O–H groups in total. The van der Waals surface area contributed by atoms with Crippen molar-refractivity contribution in [3.8, 4) is 0 Å². The van der Waals surface area contributed by atoms with Crippen LogP contribution in [0.1, 0.15) is 12.8 Å². The third-order valence-corrected chi connectivity index (χ3v) is 5.86. The van der Waals surface area contributed by atoms with Gasteiger partial charge in [-0.3, -0.25) is 4.31 Å². The van der Waals surface area contributed by atoms with Gasteiger partial charge in [0.1, 0.15) is 0 Å². The largest absolute Gasteiger partial charge is 0.270 e. The van der Waals surface area contributed by atoms with E-state index < -0.39 is 20.7 Å². The molecule has 100 valence electrons. The second-order valence-electron chi connectivity index (χ2n) is 3.99. The highest BCUT2D eigenvalue weighted by Crippen LogP contribution is 2.28. The van der Waals surface area contributed by atoms with Crippen molar-refractivity contribution in [3.05, 3.63) is 23.2 Å². The van der Waals surface area contributed by atoms with Crippen LogP contribution < -0.4 is 4.31 Å². The molecule has 0 atom stereocenters. The molecular weight excluding hydrogens is 298 g/mol. The monoisotopic (exact) mass is 309 g/mol. The van der Waals surface area contributed by atoms with Crippen molar-refractivity contribution in [3.63, 3.8) is 0 Å². The summed E-state index contributed by atoms with van der Waals surface area (Å²) >= 11 is 5.83. The zero-order valence-electron chi connectivity index (χ0n) is 9.37. The summed E-state index contributed by atoms with van der Waals surface area (Å²) in [6.45, 7) is 0.404. The van der Waals surface area contributed by atoms with Crippen LogP contribution in [0.4, 0.5) is 5.69 Å². The molecule has 0 spiro atoms. The molecule has 0 bridgehead atoms. The summed E-state index contributed by atoms with van der Waals surface area (Å²) in [5.74, 6) is 0.113. The Kier molecular flexibility index (Phi) is 3.84. The molecule has 1 aromatic carbocycles. The van der Waals surface area contributed by atoms with Gasteiger partial charge in [-0.25, -0.2) is 16.8 Å². The number of hydrogen-bond acceptors (Lipinski definition) is 4. The van der Waals surface area contributed by atoms with Gasteiger partial charge in [0.25, 0.3) is 0 Å². The summed E-state index contributed by atoms with van der Waals surface area (Å²) in [5, 5.41) is 0.0457. The molecule has 0 aromatic heterocycles. The van der Waals surface area contributed by atoms with Crippen LogP contribution in [-0.2, 0) is 20.7 Å². The minimum atomic E-state index is -3.30. The van der Waals surface area contributed by atoms with Crippen molar-refractivity contribution < 1.29 is 16.8 Å². The van der Waals surface area contributed by atoms with E-state index in [1.54, 1.807) is 0 Å². The van der Waals surface area contributed by atoms with E-state index in [4.69, 9.17) is 11.6 Å². The van der Waals surface area contributed by atoms with Crippen LogP contribution in [0.5, 0.6) is 0 Å². The number of sulfonamides is 1. The van der Waals surface area contributed by atoms with Crippen molar-refractivity contribution in [2.75, 3.05) is 16.6 Å². The zero-order valence-corrected chi connectivity index (χ0v) is 11.8. The van der Waals surface area contributed by atoms with E-state index in [2.05, 4.69) is 0 Å². The highest BCUT2D eigenvalue weighted by Gasteiger charge is 2.26. The predicted molar refractivity (Wildman–Crippen MR) is 70.4 cm³/mol. The van der Waals surface area contributed by atoms with Crippen LogP contribution in [0, 0.1) is 0 Å². The fraction of sp³-hybridized carbons (Fsp3) is 0.400. The molecule has 0 radical (unpaired) electrons. The Bertz CT molecular complexity index is 631. The van der Waals surface area contributed by atoms with Gasteiger partial charge in [0.2, 0.25) is 10.0 Å². The molecule has 0 amide bonds. The topological polar surface area (TPSA) is 71.5 Å². The lowest BCUT2D eigenvalue weighted by Crippen LogP contribution is -2.37. The van der Waals surface area contributed by atoms with E-state index in [0.717, 1.165) is 6.42 Å². The molecule has 1 aliphatic heterocycles. The summed E-state index contributed by atoms with van der Waals surface area (Å²) in [6.07, 6.45) is 1.44. The number of nitrogens with zero attached hydrogens (tertiary/aromatic N) is 1. The van der Waals surface area contributed by atoms with Gasteiger partial charge in [-0.1, -0.05) is 11.6 Å². The Morgan fingerprint density at radius 3 is 2.50 bits per heavy atom. The minimum Gasteiger partial charge on any atom is -0.270 e. The fourth-order valence-electron chi connectivity index (χ4n) is 1.88. The maximum Gasteiger partial charge on any atom is 0.235 e. The van der Waals surface area contributed by atoms with Crippen LogP contribution in [0.25, 0.3) is 0 Å². The first-order valence-corrected chi connectivity index (χ1v) is 8.52. The average molecular weight is 310 g/mol. The van der Waals surface area contributed by atoms with E-state index >= 15 is 0 Å². The van der Waals surface area contributed by atoms with Crippen molar-refractivity contribution >= 4 is 38.0 Å². The predicted octanol–water partition coefficient (Wildman–Crippen LogP) is 1.24. The van der Waals surface area contributed by atoms with E-state index in [-0.39, 0.29) is 15.7 Å². The molecule has 5 nitrogen and oxygen atoms in total. The van der Waals surface area contributed by atoms with Gasteiger partial charge in [0.05, 0.1) is 21.4 Å². The van der Waals surface area contributed by atoms with Gasteiger partial charge < -0.3 is 0 Å². The van der Waals surface area contributed by atoms with Gasteiger partial charge in [-0.05, 0) is 31.0 Å². The molecule has 18 heavy (non-hydrogen) atoms. The Hall–Kier alpha value is -0.790. The summed E-state index contributed by atoms with van der Waals surface area (Å²) in [6, 6.07) is 4.17. The van der Waals surface area contributed by atoms with Crippen LogP contribution >= 0.6 is 11.6 Å². The van der Waals surface area contributed by atoms with Gasteiger partial charge >= 0.3 is 0 Å². The lowest BCUT2D eigenvalue weighted by molar-refractivity contribution is 0.574. The first-order chi connectivity index (χ1) is 8.42. The van der Waals surface area contributed by atoms with Gasteiger partial charge in [0.15, 0.2) is 10.7 Å². The summed E-state index contributed by atoms with van der Waals surface area (Å²) in [7, 11) is -6.07. The molecular formula is C10H12ClNO4S2. The minimum absolute atomic E-state index is 0.00447. The Labute approximate surface area is 112 Å². The third kappa shape index (κ3) is 2.62. The Morgan fingerprint density at radius 2 is 1.94 bits per heavy atom. The van der Waals surface area contributed by atoms with E-state index in [1.165, 1.54) is 22.5 Å². The van der Waals surface area contributed by atoms with E-state index in [1.807, 2.05) is 0 Å². The van der Waals surface area contributed by atoms with E-state index in [9.17, 15) is 16.8 Å². The van der Waals surface area contributed by atoms with Crippen molar-refractivity contribution in [1.29, 1.82) is 0 Å². The number of benzene rings is 1. The molecule has 2 rings (SSSR count). The quantitative estimate of drug-likeness (QED) is 0.834. The number of thiol groups is 1. The molecule has 1 heterocycles. The highest BCUT2D eigenvalue weighted by molar-refractivity contribution is 7.92. The molecule has 1 saturated heterocycles. The molecule has 1 aliphatic rings. The lowest BCUT2D eigenvalue weighted by atomic mass is 10.3. The van der Waals surface area contributed by atoms with Crippen molar-refractivity contribution in [2.45, 2.75) is 17.7 Å². The molecule has 8 heteroatoms. The van der Waals surface area contributed by atoms with E-state index in [0.29, 0.717) is 18.7 Å². The molecule has 1 fully saturated rings. The summed E-state index contributed by atoms with van der Waals surface area (Å²) in [4.78, 5) is 0.00447. The zero-order chi connectivity index (χ0) is 13.3. The molecule has 0 saturated carbocycles. The average Bonchev–Trinajstić information content (AvgIpc) is 2.27. The standard InChI is InChI=1S/C10H12ClNO4S2/c11-9-7-8(3-4-10(9)17(13)14)12-5-1-2-6-18(12,15)16/h3-4,7,17H,1-2,5-6H2. The number of hydrogen-bond donors (Lipinski definition) is 1. The Morgan fingerprint density at radius 1 is 1.22 bits per heavy atom. The summed E-state index contributed by atoms with van der Waals surface area (Å²) < 4.78 is 46.7. The second-order valence-corrected chi connectivity index (χ2v) is 7.40. The number of rotatable bonds is 2. The van der Waals surface area contributed by atoms with Crippen LogP contribution in [0.2, 0.25) is 5.02 Å². The lowest BCUT2D eigenvalue weighted by Gasteiger charge is -2.28. The number of halogens is 1. The number of anilines is 1. The van der Waals surface area contributed by atoms with Gasteiger partial charge in [0, 0.05) is 6.54 Å². The van der Waals surface area contributed by atoms with Crippen LogP contribution in [-0.4, -0.2) is 29.1 Å². The first kappa shape index (κ1) is 13.6.